The summed E-state index contributed by atoms with van der Waals surface area (Å²) in [7, 11) is 0. The number of carboxylic acid groups (broad SMARTS) is 2. The highest BCUT2D eigenvalue weighted by atomic mass is 16.4. The van der Waals surface area contributed by atoms with Crippen molar-refractivity contribution < 1.29 is 19.8 Å². The molecule has 1 saturated carbocycles. The zero-order chi connectivity index (χ0) is 11.6. The Morgan fingerprint density at radius 2 is 1.80 bits per heavy atom. The molecule has 2 atom stereocenters. The maximum absolute atomic E-state index is 10.9. The minimum atomic E-state index is -1.62. The molecule has 0 spiro atoms. The van der Waals surface area contributed by atoms with E-state index < -0.39 is 29.4 Å². The summed E-state index contributed by atoms with van der Waals surface area (Å²) in [4.78, 5) is 21.7. The van der Waals surface area contributed by atoms with Crippen molar-refractivity contribution >= 4 is 11.9 Å². The summed E-state index contributed by atoms with van der Waals surface area (Å²) in [5.74, 6) is -4.45. The molecule has 2 unspecified atom stereocenters. The minimum absolute atomic E-state index is 0.345. The van der Waals surface area contributed by atoms with E-state index >= 15 is 0 Å². The first-order valence-corrected chi connectivity index (χ1v) is 4.89. The van der Waals surface area contributed by atoms with Gasteiger partial charge in [-0.25, -0.2) is 0 Å². The molecular weight excluding hydrogens is 200 g/mol. The van der Waals surface area contributed by atoms with E-state index in [4.69, 9.17) is 21.7 Å². The molecule has 0 heterocycles. The molecule has 0 bridgehead atoms. The van der Waals surface area contributed by atoms with Gasteiger partial charge in [-0.2, -0.15) is 0 Å². The van der Waals surface area contributed by atoms with Crippen LogP contribution in [0, 0.1) is 5.92 Å². The lowest BCUT2D eigenvalue weighted by molar-refractivity contribution is -0.159. The SMILES string of the molecule is NC1CCCCC1(N)C(C(=O)O)C(=O)O. The summed E-state index contributed by atoms with van der Waals surface area (Å²) in [6, 6.07) is -0.566. The zero-order valence-electron chi connectivity index (χ0n) is 8.35. The van der Waals surface area contributed by atoms with Crippen LogP contribution >= 0.6 is 0 Å². The minimum Gasteiger partial charge on any atom is -0.481 e. The lowest BCUT2D eigenvalue weighted by Gasteiger charge is -2.41. The summed E-state index contributed by atoms with van der Waals surface area (Å²) in [6.07, 6.45) is 2.51. The van der Waals surface area contributed by atoms with Gasteiger partial charge in [0, 0.05) is 6.04 Å². The van der Waals surface area contributed by atoms with E-state index in [0.717, 1.165) is 12.8 Å². The van der Waals surface area contributed by atoms with E-state index in [1.54, 1.807) is 0 Å². The van der Waals surface area contributed by atoms with Crippen molar-refractivity contribution in [3.63, 3.8) is 0 Å². The van der Waals surface area contributed by atoms with Gasteiger partial charge in [-0.1, -0.05) is 12.8 Å². The third-order valence-corrected chi connectivity index (χ3v) is 3.10. The Morgan fingerprint density at radius 1 is 1.27 bits per heavy atom. The van der Waals surface area contributed by atoms with Crippen LogP contribution in [0.3, 0.4) is 0 Å². The van der Waals surface area contributed by atoms with Crippen LogP contribution in [0.2, 0.25) is 0 Å². The van der Waals surface area contributed by atoms with E-state index in [1.165, 1.54) is 0 Å². The fraction of sp³-hybridized carbons (Fsp3) is 0.778. The predicted octanol–water partition coefficient (Wildman–Crippen LogP) is -0.629. The first-order chi connectivity index (χ1) is 6.89. The van der Waals surface area contributed by atoms with Crippen molar-refractivity contribution in [2.45, 2.75) is 37.3 Å². The molecule has 1 aliphatic rings. The van der Waals surface area contributed by atoms with Crippen molar-refractivity contribution in [2.75, 3.05) is 0 Å². The molecule has 0 aromatic carbocycles. The average Bonchev–Trinajstić information content (AvgIpc) is 2.08. The van der Waals surface area contributed by atoms with Gasteiger partial charge in [0.2, 0.25) is 0 Å². The maximum Gasteiger partial charge on any atom is 0.319 e. The number of aliphatic carboxylic acids is 2. The van der Waals surface area contributed by atoms with Crippen LogP contribution in [-0.2, 0) is 9.59 Å². The second-order valence-corrected chi connectivity index (χ2v) is 4.07. The second kappa shape index (κ2) is 4.16. The maximum atomic E-state index is 10.9. The Hall–Kier alpha value is -1.14. The van der Waals surface area contributed by atoms with Crippen molar-refractivity contribution in [1.29, 1.82) is 0 Å². The van der Waals surface area contributed by atoms with Gasteiger partial charge in [-0.15, -0.1) is 0 Å². The smallest absolute Gasteiger partial charge is 0.319 e. The van der Waals surface area contributed by atoms with E-state index in [2.05, 4.69) is 0 Å². The van der Waals surface area contributed by atoms with Crippen molar-refractivity contribution in [2.24, 2.45) is 17.4 Å². The van der Waals surface area contributed by atoms with Crippen LogP contribution in [0.15, 0.2) is 0 Å². The highest BCUT2D eigenvalue weighted by Crippen LogP contribution is 2.32. The molecule has 1 fully saturated rings. The lowest BCUT2D eigenvalue weighted by atomic mass is 9.70. The highest BCUT2D eigenvalue weighted by Gasteiger charge is 2.49. The number of rotatable bonds is 3. The average molecular weight is 216 g/mol. The Labute approximate surface area is 87.2 Å². The number of nitrogens with two attached hydrogens (primary N) is 2. The first-order valence-electron chi connectivity index (χ1n) is 4.89. The molecule has 0 aliphatic heterocycles. The van der Waals surface area contributed by atoms with E-state index in [-0.39, 0.29) is 0 Å². The number of hydrogen-bond acceptors (Lipinski definition) is 4. The van der Waals surface area contributed by atoms with Crippen LogP contribution in [0.1, 0.15) is 25.7 Å². The fourth-order valence-electron chi connectivity index (χ4n) is 2.17. The molecule has 6 N–H and O–H groups in total. The molecule has 1 rings (SSSR count). The first kappa shape index (κ1) is 11.9. The Kier molecular flexibility index (Phi) is 3.31. The Bertz CT molecular complexity index is 267. The molecule has 86 valence electrons. The summed E-state index contributed by atoms with van der Waals surface area (Å²) >= 11 is 0. The van der Waals surface area contributed by atoms with Gasteiger partial charge in [0.15, 0.2) is 5.92 Å². The van der Waals surface area contributed by atoms with Crippen LogP contribution < -0.4 is 11.5 Å². The molecule has 0 aromatic rings. The largest absolute Gasteiger partial charge is 0.481 e. The predicted molar refractivity (Wildman–Crippen MR) is 52.1 cm³/mol. The van der Waals surface area contributed by atoms with E-state index in [1.807, 2.05) is 0 Å². The molecule has 0 aromatic heterocycles. The normalized spacial score (nSPS) is 31.5. The van der Waals surface area contributed by atoms with E-state index in [9.17, 15) is 9.59 Å². The standard InChI is InChI=1S/C9H16N2O4/c10-5-3-1-2-4-9(5,11)6(7(12)13)8(14)15/h5-6H,1-4,10-11H2,(H,12,13)(H,14,15). The van der Waals surface area contributed by atoms with Crippen LogP contribution in [0.4, 0.5) is 0 Å². The lowest BCUT2D eigenvalue weighted by Crippen LogP contribution is -2.65. The Morgan fingerprint density at radius 3 is 2.20 bits per heavy atom. The fourth-order valence-corrected chi connectivity index (χ4v) is 2.17. The summed E-state index contributed by atoms with van der Waals surface area (Å²) in [5, 5.41) is 17.7. The molecule has 15 heavy (non-hydrogen) atoms. The monoisotopic (exact) mass is 216 g/mol. The van der Waals surface area contributed by atoms with Crippen molar-refractivity contribution in [3.05, 3.63) is 0 Å². The van der Waals surface area contributed by atoms with Gasteiger partial charge < -0.3 is 21.7 Å². The molecule has 0 saturated heterocycles. The van der Waals surface area contributed by atoms with Crippen molar-refractivity contribution in [3.8, 4) is 0 Å². The van der Waals surface area contributed by atoms with Gasteiger partial charge in [0.1, 0.15) is 0 Å². The van der Waals surface area contributed by atoms with Gasteiger partial charge in [-0.05, 0) is 12.8 Å². The van der Waals surface area contributed by atoms with Gasteiger partial charge in [-0.3, -0.25) is 9.59 Å². The third kappa shape index (κ3) is 2.10. The number of carbonyl (C=O) groups is 2. The molecular formula is C9H16N2O4. The number of hydrogen-bond donors (Lipinski definition) is 4. The molecule has 6 nitrogen and oxygen atoms in total. The molecule has 1 aliphatic carbocycles. The topological polar surface area (TPSA) is 127 Å². The molecule has 6 heteroatoms. The Balaban J connectivity index is 2.98. The zero-order valence-corrected chi connectivity index (χ0v) is 8.35. The van der Waals surface area contributed by atoms with Crippen LogP contribution in [0.25, 0.3) is 0 Å². The van der Waals surface area contributed by atoms with Gasteiger partial charge >= 0.3 is 11.9 Å². The summed E-state index contributed by atoms with van der Waals surface area (Å²) in [6.45, 7) is 0. The van der Waals surface area contributed by atoms with Crippen LogP contribution in [0.5, 0.6) is 0 Å². The second-order valence-electron chi connectivity index (χ2n) is 4.07. The van der Waals surface area contributed by atoms with Gasteiger partial charge in [0.05, 0.1) is 5.54 Å². The van der Waals surface area contributed by atoms with Crippen molar-refractivity contribution in [1.82, 2.24) is 0 Å². The number of carboxylic acids is 2. The molecule has 0 amide bonds. The van der Waals surface area contributed by atoms with E-state index in [0.29, 0.717) is 12.8 Å². The molecule has 0 radical (unpaired) electrons. The summed E-state index contributed by atoms with van der Waals surface area (Å²) < 4.78 is 0. The summed E-state index contributed by atoms with van der Waals surface area (Å²) in [5.41, 5.74) is 10.3. The van der Waals surface area contributed by atoms with Crippen LogP contribution in [-0.4, -0.2) is 33.7 Å². The van der Waals surface area contributed by atoms with Gasteiger partial charge in [0.25, 0.3) is 0 Å². The highest BCUT2D eigenvalue weighted by molar-refractivity contribution is 5.94. The quantitative estimate of drug-likeness (QED) is 0.465. The third-order valence-electron chi connectivity index (χ3n) is 3.10.